The molecule has 1 N–H and O–H groups in total. The summed E-state index contributed by atoms with van der Waals surface area (Å²) in [4.78, 5) is 25.0. The van der Waals surface area contributed by atoms with E-state index in [-0.39, 0.29) is 18.7 Å². The fraction of sp³-hybridized carbons (Fsp3) is 0.200. The average Bonchev–Trinajstić information content (AvgIpc) is 3.41. The van der Waals surface area contributed by atoms with E-state index in [1.807, 2.05) is 24.3 Å². The second-order valence-corrected chi connectivity index (χ2v) is 7.24. The molecule has 0 spiro atoms. The fourth-order valence-corrected chi connectivity index (χ4v) is 4.03. The van der Waals surface area contributed by atoms with Crippen molar-refractivity contribution in [2.24, 2.45) is 0 Å². The molecule has 0 amide bonds. The van der Waals surface area contributed by atoms with Gasteiger partial charge in [-0.05, 0) is 42.6 Å². The Morgan fingerprint density at radius 3 is 2.70 bits per heavy atom. The van der Waals surface area contributed by atoms with Gasteiger partial charge in [0.25, 0.3) is 5.56 Å². The van der Waals surface area contributed by atoms with E-state index in [2.05, 4.69) is 10.3 Å². The highest BCUT2D eigenvalue weighted by atomic mass is 32.1. The Bertz CT molecular complexity index is 1270. The lowest BCUT2D eigenvalue weighted by Gasteiger charge is -2.11. The van der Waals surface area contributed by atoms with Crippen LogP contribution in [0.15, 0.2) is 46.7 Å². The van der Waals surface area contributed by atoms with Gasteiger partial charge in [-0.25, -0.2) is 9.48 Å². The predicted molar refractivity (Wildman–Crippen MR) is 111 cm³/mol. The molecule has 0 bridgehead atoms. The van der Waals surface area contributed by atoms with E-state index in [1.54, 1.807) is 36.4 Å². The normalized spacial score (nSPS) is 11.0. The molecule has 0 fully saturated rings. The summed E-state index contributed by atoms with van der Waals surface area (Å²) in [6, 6.07) is 9.00. The molecule has 9 nitrogen and oxygen atoms in total. The van der Waals surface area contributed by atoms with Crippen LogP contribution in [0.2, 0.25) is 0 Å². The highest BCUT2D eigenvalue weighted by Crippen LogP contribution is 2.29. The second kappa shape index (κ2) is 7.99. The number of aromatic nitrogens is 4. The van der Waals surface area contributed by atoms with Gasteiger partial charge in [-0.2, -0.15) is 0 Å². The first-order chi connectivity index (χ1) is 14.5. The molecule has 0 aliphatic rings. The largest absolute Gasteiger partial charge is 0.502 e. The van der Waals surface area contributed by atoms with E-state index in [4.69, 9.17) is 9.47 Å². The molecule has 0 atom stereocenters. The Balaban J connectivity index is 1.71. The first kappa shape index (κ1) is 19.6. The molecular weight excluding hydrogens is 408 g/mol. The lowest BCUT2D eigenvalue weighted by molar-refractivity contribution is 0.0525. The number of methoxy groups -OCH3 is 1. The van der Waals surface area contributed by atoms with Crippen molar-refractivity contribution < 1.29 is 19.4 Å². The second-order valence-electron chi connectivity index (χ2n) is 6.32. The minimum atomic E-state index is -0.725. The zero-order valence-electron chi connectivity index (χ0n) is 16.2. The molecule has 30 heavy (non-hydrogen) atoms. The van der Waals surface area contributed by atoms with Crippen molar-refractivity contribution in [2.45, 2.75) is 13.5 Å². The molecule has 1 aromatic carbocycles. The molecule has 10 heteroatoms. The molecule has 154 valence electrons. The summed E-state index contributed by atoms with van der Waals surface area (Å²) >= 11 is 1.25. The summed E-state index contributed by atoms with van der Waals surface area (Å²) in [5, 5.41) is 20.4. The number of aromatic hydroxyl groups is 1. The number of hydrogen-bond donors (Lipinski definition) is 1. The first-order valence-electron chi connectivity index (χ1n) is 9.09. The number of fused-ring (bicyclic) bond motifs is 1. The molecule has 0 unspecified atom stereocenters. The summed E-state index contributed by atoms with van der Waals surface area (Å²) in [7, 11) is 1.59. The van der Waals surface area contributed by atoms with Crippen LogP contribution < -0.4 is 10.3 Å². The lowest BCUT2D eigenvalue weighted by atomic mass is 10.2. The van der Waals surface area contributed by atoms with Crippen LogP contribution in [0.25, 0.3) is 15.9 Å². The molecule has 0 saturated carbocycles. The number of pyridine rings is 1. The minimum absolute atomic E-state index is 0.0822. The first-order valence-corrected chi connectivity index (χ1v) is 9.97. The van der Waals surface area contributed by atoms with Crippen LogP contribution in [0.1, 0.15) is 23.0 Å². The van der Waals surface area contributed by atoms with Gasteiger partial charge < -0.3 is 14.6 Å². The van der Waals surface area contributed by atoms with Gasteiger partial charge in [0.05, 0.1) is 42.4 Å². The molecule has 3 heterocycles. The number of esters is 1. The van der Waals surface area contributed by atoms with Crippen molar-refractivity contribution in [3.63, 3.8) is 0 Å². The van der Waals surface area contributed by atoms with E-state index in [9.17, 15) is 14.7 Å². The van der Waals surface area contributed by atoms with Crippen LogP contribution in [-0.4, -0.2) is 44.4 Å². The molecule has 3 aromatic heterocycles. The third-order valence-electron chi connectivity index (χ3n) is 4.52. The van der Waals surface area contributed by atoms with Gasteiger partial charge >= 0.3 is 5.97 Å². The van der Waals surface area contributed by atoms with Gasteiger partial charge in [0.15, 0.2) is 5.75 Å². The monoisotopic (exact) mass is 426 g/mol. The van der Waals surface area contributed by atoms with Crippen molar-refractivity contribution in [3.8, 4) is 17.2 Å². The van der Waals surface area contributed by atoms with E-state index in [0.29, 0.717) is 15.9 Å². The van der Waals surface area contributed by atoms with E-state index >= 15 is 0 Å². The van der Waals surface area contributed by atoms with Gasteiger partial charge in [0, 0.05) is 0 Å². The molecule has 0 aliphatic heterocycles. The lowest BCUT2D eigenvalue weighted by Crippen LogP contribution is -2.23. The number of nitrogens with zero attached hydrogens (tertiary/aromatic N) is 4. The van der Waals surface area contributed by atoms with Gasteiger partial charge in [-0.1, -0.05) is 5.21 Å². The van der Waals surface area contributed by atoms with Gasteiger partial charge in [0.2, 0.25) is 0 Å². The van der Waals surface area contributed by atoms with Crippen molar-refractivity contribution in [1.82, 2.24) is 19.6 Å². The van der Waals surface area contributed by atoms with Crippen LogP contribution in [0.3, 0.4) is 0 Å². The van der Waals surface area contributed by atoms with Crippen LogP contribution in [0.5, 0.6) is 11.5 Å². The predicted octanol–water partition coefficient (Wildman–Crippen LogP) is 2.58. The number of thiophene rings is 1. The Morgan fingerprint density at radius 2 is 2.00 bits per heavy atom. The molecule has 0 radical (unpaired) electrons. The van der Waals surface area contributed by atoms with Crippen LogP contribution in [0.4, 0.5) is 0 Å². The number of benzene rings is 1. The molecule has 4 aromatic rings. The highest BCUT2D eigenvalue weighted by Gasteiger charge is 2.24. The van der Waals surface area contributed by atoms with Crippen LogP contribution >= 0.6 is 11.3 Å². The Kier molecular flexibility index (Phi) is 5.23. The topological polar surface area (TPSA) is 108 Å². The molecular formula is C20H18N4O5S. The molecule has 0 saturated heterocycles. The van der Waals surface area contributed by atoms with Crippen molar-refractivity contribution in [2.75, 3.05) is 13.7 Å². The maximum absolute atomic E-state index is 12.8. The third-order valence-corrected chi connectivity index (χ3v) is 5.45. The molecule has 0 aliphatic carbocycles. The fourth-order valence-electron chi connectivity index (χ4n) is 3.10. The Hall–Kier alpha value is -3.66. The Morgan fingerprint density at radius 1 is 1.23 bits per heavy atom. The summed E-state index contributed by atoms with van der Waals surface area (Å²) in [5.41, 5.74) is 1.02. The van der Waals surface area contributed by atoms with Crippen LogP contribution in [0, 0.1) is 0 Å². The van der Waals surface area contributed by atoms with E-state index < -0.39 is 17.3 Å². The number of carbonyl (C=O) groups is 1. The number of rotatable bonds is 6. The summed E-state index contributed by atoms with van der Waals surface area (Å²) < 4.78 is 13.6. The van der Waals surface area contributed by atoms with Gasteiger partial charge in [-0.3, -0.25) is 9.36 Å². The quantitative estimate of drug-likeness (QED) is 0.472. The highest BCUT2D eigenvalue weighted by molar-refractivity contribution is 7.17. The van der Waals surface area contributed by atoms with Crippen molar-refractivity contribution in [1.29, 1.82) is 0 Å². The number of ether oxygens (including phenoxy) is 2. The maximum atomic E-state index is 12.8. The zero-order chi connectivity index (χ0) is 21.3. The van der Waals surface area contributed by atoms with Gasteiger partial charge in [-0.15, -0.1) is 16.4 Å². The third kappa shape index (κ3) is 3.41. The standard InChI is InChI=1S/C20H18N4O5S/c1-3-29-20(27)16-17(25)19(26)23(15-8-9-30-18(15)16)10-12-11-24(22-21-12)13-4-6-14(28-2)7-5-13/h4-9,11,25H,3,10H2,1-2H3. The zero-order valence-corrected chi connectivity index (χ0v) is 17.0. The van der Waals surface area contributed by atoms with E-state index in [1.165, 1.54) is 15.9 Å². The van der Waals surface area contributed by atoms with E-state index in [0.717, 1.165) is 11.4 Å². The van der Waals surface area contributed by atoms with Gasteiger partial charge in [0.1, 0.15) is 17.0 Å². The van der Waals surface area contributed by atoms with Crippen molar-refractivity contribution in [3.05, 3.63) is 63.5 Å². The number of hydrogen-bond acceptors (Lipinski definition) is 8. The number of carbonyl (C=O) groups excluding carboxylic acids is 1. The van der Waals surface area contributed by atoms with Crippen molar-refractivity contribution >= 4 is 27.5 Å². The van der Waals surface area contributed by atoms with Crippen LogP contribution in [-0.2, 0) is 11.3 Å². The summed E-state index contributed by atoms with van der Waals surface area (Å²) in [6.45, 7) is 1.88. The SMILES string of the molecule is CCOC(=O)c1c(O)c(=O)n(Cc2cn(-c3ccc(OC)cc3)nn2)c2ccsc12. The average molecular weight is 426 g/mol. The molecule has 4 rings (SSSR count). The summed E-state index contributed by atoms with van der Waals surface area (Å²) in [5.74, 6) is -0.634. The maximum Gasteiger partial charge on any atom is 0.343 e. The Labute approximate surface area is 174 Å². The summed E-state index contributed by atoms with van der Waals surface area (Å²) in [6.07, 6.45) is 1.70. The smallest absolute Gasteiger partial charge is 0.343 e. The minimum Gasteiger partial charge on any atom is -0.502 e.